The predicted octanol–water partition coefficient (Wildman–Crippen LogP) is 36.1. The third kappa shape index (κ3) is 40.2. The Morgan fingerprint density at radius 2 is 0.393 bits per heavy atom. The lowest BCUT2D eigenvalue weighted by molar-refractivity contribution is 1.34. The molecule has 0 N–H and O–H groups in total. The molecule has 608 valence electrons. The standard InChI is InChI=1S/C21H22P2.2C21H21P.C20H19P.12C2H6/c1-15-5-10-21(20(11-15)14-23)19-4-2-3-18(12-19)17-8-6-16(13-22)7-9-17;1-15-6-9-21(12-16(15)2)20-5-3-4-19(13-20)18-10-7-17(14-22)8-11-18;1-15-10-16(2)12-21(11-15)20-5-3-4-19(13-20)18-8-6-17(14-22)7-9-18;1-15-5-9-17(10-6-15)19-3-2-4-20(13-19)18-11-7-16(14-21)8-12-18;12*1-2/h2-12H,13-14,22-23H2,1H3;2*3-13H,14,22H2,1-2H3;2-13H,14,21H2,1H3;12*1-2H3. The van der Waals surface area contributed by atoms with E-state index in [-0.39, 0.29) is 0 Å². The van der Waals surface area contributed by atoms with Crippen LogP contribution in [0.3, 0.4) is 0 Å². The minimum Gasteiger partial charge on any atom is -0.133 e. The molecule has 0 saturated heterocycles. The first kappa shape index (κ1) is 111. The van der Waals surface area contributed by atoms with E-state index >= 15 is 0 Å². The molecule has 0 bridgehead atoms. The van der Waals surface area contributed by atoms with Crippen molar-refractivity contribution in [2.24, 2.45) is 0 Å². The molecule has 0 nitrogen and oxygen atoms in total. The number of benzene rings is 12. The van der Waals surface area contributed by atoms with Crippen molar-refractivity contribution in [3.05, 3.63) is 334 Å². The Balaban J connectivity index is -0.000000635. The molecule has 112 heavy (non-hydrogen) atoms. The van der Waals surface area contributed by atoms with Crippen molar-refractivity contribution >= 4 is 46.2 Å². The van der Waals surface area contributed by atoms with E-state index in [0.29, 0.717) is 0 Å². The first-order valence-corrected chi connectivity index (χ1v) is 46.5. The first-order chi connectivity index (χ1) is 54.8. The van der Waals surface area contributed by atoms with Crippen LogP contribution >= 0.6 is 46.2 Å². The third-order valence-electron chi connectivity index (χ3n) is 16.1. The average molecular weight is 1600 g/mol. The van der Waals surface area contributed by atoms with Gasteiger partial charge in [0, 0.05) is 0 Å². The minimum atomic E-state index is 0.976. The van der Waals surface area contributed by atoms with E-state index in [9.17, 15) is 0 Å². The molecule has 0 aromatic heterocycles. The van der Waals surface area contributed by atoms with Gasteiger partial charge in [-0.1, -0.05) is 437 Å². The maximum atomic E-state index is 2.84. The van der Waals surface area contributed by atoms with Gasteiger partial charge in [-0.2, -0.15) is 0 Å². The van der Waals surface area contributed by atoms with E-state index in [0.717, 1.165) is 30.8 Å². The molecule has 0 fully saturated rings. The van der Waals surface area contributed by atoms with Gasteiger partial charge in [0.05, 0.1) is 0 Å². The van der Waals surface area contributed by atoms with Crippen LogP contribution < -0.4 is 0 Å². The minimum absolute atomic E-state index is 0.976. The highest BCUT2D eigenvalue weighted by Gasteiger charge is 2.09. The summed E-state index contributed by atoms with van der Waals surface area (Å²) in [5, 5.41) is 0. The van der Waals surface area contributed by atoms with Crippen LogP contribution in [0, 0.1) is 41.5 Å². The maximum absolute atomic E-state index is 2.84. The van der Waals surface area contributed by atoms with E-state index in [4.69, 9.17) is 0 Å². The van der Waals surface area contributed by atoms with Crippen LogP contribution in [0.5, 0.6) is 0 Å². The number of hydrogen-bond donors (Lipinski definition) is 0. The van der Waals surface area contributed by atoms with Crippen LogP contribution in [0.25, 0.3) is 89.0 Å². The zero-order chi connectivity index (χ0) is 85.9. The Morgan fingerprint density at radius 1 is 0.161 bits per heavy atom. The first-order valence-electron chi connectivity index (χ1n) is 42.4. The zero-order valence-electron chi connectivity index (χ0n) is 75.9. The summed E-state index contributed by atoms with van der Waals surface area (Å²) >= 11 is 0. The Kier molecular flexibility index (Phi) is 71.0. The van der Waals surface area contributed by atoms with Gasteiger partial charge in [0.1, 0.15) is 0 Å². The Morgan fingerprint density at radius 3 is 0.670 bits per heavy atom. The van der Waals surface area contributed by atoms with Gasteiger partial charge in [-0.05, 0) is 225 Å². The molecule has 0 spiro atoms. The zero-order valence-corrected chi connectivity index (χ0v) is 81.7. The van der Waals surface area contributed by atoms with Gasteiger partial charge in [0.25, 0.3) is 0 Å². The molecule has 0 heterocycles. The lowest BCUT2D eigenvalue weighted by Crippen LogP contribution is -1.88. The van der Waals surface area contributed by atoms with Crippen LogP contribution in [0.2, 0.25) is 0 Å². The fourth-order valence-corrected chi connectivity index (χ4v) is 12.2. The van der Waals surface area contributed by atoms with E-state index in [1.165, 1.54) is 150 Å². The molecule has 12 rings (SSSR count). The summed E-state index contributed by atoms with van der Waals surface area (Å²) in [6, 6.07) is 99.2. The molecule has 0 aliphatic rings. The molecule has 5 heteroatoms. The van der Waals surface area contributed by atoms with E-state index in [1.807, 2.05) is 166 Å². The van der Waals surface area contributed by atoms with Gasteiger partial charge in [-0.3, -0.25) is 0 Å². The maximum Gasteiger partial charge on any atom is -0.0122 e. The second kappa shape index (κ2) is 71.6. The highest BCUT2D eigenvalue weighted by atomic mass is 31.0. The van der Waals surface area contributed by atoms with Crippen LogP contribution in [0.15, 0.2) is 273 Å². The SMILES string of the molecule is CC.CC.CC.CC.CC.CC.CC.CC.CC.CC.CC.CC.Cc1cc(C)cc(-c2cccc(-c3ccc(CP)cc3)c2)c1.Cc1ccc(-c2cccc(-c3ccc(CP)cc3)c2)c(CP)c1.Cc1ccc(-c2cccc(-c3ccc(CP)cc3)c2)cc1.Cc1ccc(-c2cccc(-c3ccc(CP)cc3)c2)cc1C. The Bertz CT molecular complexity index is 4180. The largest absolute Gasteiger partial charge is 0.133 e. The normalized spacial score (nSPS) is 9.03. The molecule has 0 radical (unpaired) electrons. The van der Waals surface area contributed by atoms with E-state index in [1.54, 1.807) is 0 Å². The lowest BCUT2D eigenvalue weighted by atomic mass is 9.95. The Labute approximate surface area is 703 Å². The predicted molar refractivity (Wildman–Crippen MR) is 541 cm³/mol. The highest BCUT2D eigenvalue weighted by Crippen LogP contribution is 2.34. The molecule has 0 amide bonds. The summed E-state index contributed by atoms with van der Waals surface area (Å²) in [7, 11) is 13.9. The fraction of sp³-hybridized carbons (Fsp3) is 0.327. The number of hydrogen-bond acceptors (Lipinski definition) is 0. The molecule has 12 aromatic rings. The van der Waals surface area contributed by atoms with Crippen LogP contribution in [0.4, 0.5) is 0 Å². The van der Waals surface area contributed by atoms with Crippen molar-refractivity contribution in [2.45, 2.75) is 239 Å². The van der Waals surface area contributed by atoms with Crippen molar-refractivity contribution in [3.63, 3.8) is 0 Å². The highest BCUT2D eigenvalue weighted by molar-refractivity contribution is 7.16. The summed E-state index contributed by atoms with van der Waals surface area (Å²) < 4.78 is 0. The third-order valence-corrected chi connectivity index (χ3v) is 18.4. The van der Waals surface area contributed by atoms with Gasteiger partial charge >= 0.3 is 0 Å². The van der Waals surface area contributed by atoms with Crippen molar-refractivity contribution in [3.8, 4) is 89.0 Å². The van der Waals surface area contributed by atoms with E-state index < -0.39 is 0 Å². The second-order valence-corrected chi connectivity index (χ2v) is 24.9. The number of aryl methyl sites for hydroxylation is 6. The number of rotatable bonds is 13. The van der Waals surface area contributed by atoms with Gasteiger partial charge in [-0.25, -0.2) is 0 Å². The summed E-state index contributed by atoms with van der Waals surface area (Å²) in [5.74, 6) is 0. The fourth-order valence-electron chi connectivity index (χ4n) is 10.8. The van der Waals surface area contributed by atoms with Crippen LogP contribution in [0.1, 0.15) is 227 Å². The van der Waals surface area contributed by atoms with Gasteiger partial charge in [0.15, 0.2) is 0 Å². The summed E-state index contributed by atoms with van der Waals surface area (Å²) in [6.45, 7) is 60.9. The van der Waals surface area contributed by atoms with Gasteiger partial charge in [-0.15, -0.1) is 46.2 Å². The van der Waals surface area contributed by atoms with E-state index in [2.05, 4.69) is 361 Å². The lowest BCUT2D eigenvalue weighted by Gasteiger charge is -2.11. The van der Waals surface area contributed by atoms with Crippen molar-refractivity contribution < 1.29 is 0 Å². The topological polar surface area (TPSA) is 0 Å². The molecule has 0 aliphatic heterocycles. The average Bonchev–Trinajstić information content (AvgIpc) is 0.823. The Hall–Kier alpha value is -7.21. The van der Waals surface area contributed by atoms with Gasteiger partial charge in [0.2, 0.25) is 0 Å². The molecule has 5 unspecified atom stereocenters. The molecule has 0 aliphatic carbocycles. The summed E-state index contributed by atoms with van der Waals surface area (Å²) in [6.07, 6.45) is 4.99. The quantitative estimate of drug-likeness (QED) is 0.101. The van der Waals surface area contributed by atoms with Crippen LogP contribution in [-0.2, 0) is 30.8 Å². The monoisotopic (exact) mass is 1600 g/mol. The smallest absolute Gasteiger partial charge is 0.0122 e. The van der Waals surface area contributed by atoms with Crippen molar-refractivity contribution in [1.82, 2.24) is 0 Å². The summed E-state index contributed by atoms with van der Waals surface area (Å²) in [4.78, 5) is 0. The molecular weight excluding hydrogens is 1440 g/mol. The molecule has 12 aromatic carbocycles. The van der Waals surface area contributed by atoms with Crippen molar-refractivity contribution in [1.29, 1.82) is 0 Å². The molecular formula is C107H155P5. The molecule has 0 saturated carbocycles. The summed E-state index contributed by atoms with van der Waals surface area (Å²) in [5.41, 5.74) is 35.1. The van der Waals surface area contributed by atoms with Gasteiger partial charge < -0.3 is 0 Å². The second-order valence-electron chi connectivity index (χ2n) is 22.8. The van der Waals surface area contributed by atoms with Crippen LogP contribution in [-0.4, -0.2) is 0 Å². The molecule has 5 atom stereocenters. The van der Waals surface area contributed by atoms with Crippen molar-refractivity contribution in [2.75, 3.05) is 0 Å².